The molecule has 5 nitrogen and oxygen atoms in total. The molecule has 0 spiro atoms. The summed E-state index contributed by atoms with van der Waals surface area (Å²) >= 11 is 2.96. The summed E-state index contributed by atoms with van der Waals surface area (Å²) in [5.74, 6) is 1.99. The van der Waals surface area contributed by atoms with Crippen LogP contribution in [0.5, 0.6) is 0 Å². The fourth-order valence-corrected chi connectivity index (χ4v) is 3.63. The van der Waals surface area contributed by atoms with Gasteiger partial charge in [-0.05, 0) is 36.3 Å². The van der Waals surface area contributed by atoms with Crippen LogP contribution >= 0.6 is 23.5 Å². The Bertz CT molecular complexity index is 788. The van der Waals surface area contributed by atoms with E-state index >= 15 is 0 Å². The number of nitrogens with zero attached hydrogens (tertiary/aromatic N) is 1. The molecule has 26 heavy (non-hydrogen) atoms. The maximum atomic E-state index is 12.4. The third-order valence-electron chi connectivity index (χ3n) is 3.73. The predicted octanol–water partition coefficient (Wildman–Crippen LogP) is 4.27. The molecule has 0 bridgehead atoms. The fourth-order valence-electron chi connectivity index (χ4n) is 2.24. The van der Waals surface area contributed by atoms with E-state index in [1.807, 2.05) is 24.3 Å². The summed E-state index contributed by atoms with van der Waals surface area (Å²) in [6.07, 6.45) is 0. The lowest BCUT2D eigenvalue weighted by Crippen LogP contribution is -2.23. The van der Waals surface area contributed by atoms with Crippen molar-refractivity contribution < 1.29 is 4.79 Å². The highest BCUT2D eigenvalue weighted by molar-refractivity contribution is 8.00. The average Bonchev–Trinajstić information content (AvgIpc) is 2.59. The Hall–Kier alpha value is -1.73. The summed E-state index contributed by atoms with van der Waals surface area (Å²) in [7, 11) is 0. The number of amides is 1. The molecule has 0 aliphatic carbocycles. The molecule has 7 heteroatoms. The average molecular weight is 392 g/mol. The molecular weight excluding hydrogens is 366 g/mol. The van der Waals surface area contributed by atoms with E-state index in [0.29, 0.717) is 16.8 Å². The standard InChI is InChI=1S/C19H25N3O2S2/c1-5-25-11-16-10-17(23)22-19(21-16)26-13(4)18(24)20-15-8-6-14(7-9-15)12(2)3/h6-10,12-13H,5,11H2,1-4H3,(H,20,24)(H,21,22,23). The SMILES string of the molecule is CCSCc1cc(=O)[nH]c(SC(C)C(=O)Nc2ccc(C(C)C)cc2)n1. The van der Waals surface area contributed by atoms with Crippen LogP contribution in [0.2, 0.25) is 0 Å². The second-order valence-corrected chi connectivity index (χ2v) is 8.81. The number of carbonyl (C=O) groups is 1. The van der Waals surface area contributed by atoms with E-state index in [1.165, 1.54) is 23.4 Å². The number of rotatable bonds is 8. The molecule has 1 heterocycles. The topological polar surface area (TPSA) is 74.8 Å². The van der Waals surface area contributed by atoms with E-state index in [2.05, 4.69) is 36.1 Å². The van der Waals surface area contributed by atoms with Crippen molar-refractivity contribution in [1.29, 1.82) is 0 Å². The Morgan fingerprint density at radius 2 is 1.92 bits per heavy atom. The Kier molecular flexibility index (Phi) is 7.78. The summed E-state index contributed by atoms with van der Waals surface area (Å²) in [4.78, 5) is 31.3. The van der Waals surface area contributed by atoms with Crippen molar-refractivity contribution in [3.63, 3.8) is 0 Å². The Labute approximate surface area is 162 Å². The second-order valence-electron chi connectivity index (χ2n) is 6.21. The minimum absolute atomic E-state index is 0.122. The fraction of sp³-hybridized carbons (Fsp3) is 0.421. The van der Waals surface area contributed by atoms with Gasteiger partial charge in [-0.15, -0.1) is 0 Å². The number of thioether (sulfide) groups is 2. The number of anilines is 1. The van der Waals surface area contributed by atoms with Gasteiger partial charge in [0.15, 0.2) is 5.16 Å². The molecule has 0 saturated heterocycles. The first-order valence-electron chi connectivity index (χ1n) is 8.64. The molecule has 1 amide bonds. The molecule has 0 radical (unpaired) electrons. The van der Waals surface area contributed by atoms with Crippen LogP contribution in [-0.2, 0) is 10.5 Å². The van der Waals surface area contributed by atoms with E-state index in [9.17, 15) is 9.59 Å². The summed E-state index contributed by atoms with van der Waals surface area (Å²) in [6, 6.07) is 9.37. The molecule has 1 aromatic carbocycles. The lowest BCUT2D eigenvalue weighted by atomic mass is 10.0. The van der Waals surface area contributed by atoms with E-state index in [-0.39, 0.29) is 16.7 Å². The third kappa shape index (κ3) is 6.21. The van der Waals surface area contributed by atoms with Crippen molar-refractivity contribution in [3.05, 3.63) is 51.9 Å². The molecule has 0 saturated carbocycles. The minimum atomic E-state index is -0.378. The summed E-state index contributed by atoms with van der Waals surface area (Å²) < 4.78 is 0. The number of carbonyl (C=O) groups excluding carboxylic acids is 1. The molecule has 0 aliphatic rings. The number of aromatic nitrogens is 2. The van der Waals surface area contributed by atoms with E-state index < -0.39 is 0 Å². The highest BCUT2D eigenvalue weighted by atomic mass is 32.2. The van der Waals surface area contributed by atoms with Crippen molar-refractivity contribution in [2.24, 2.45) is 0 Å². The van der Waals surface area contributed by atoms with Crippen LogP contribution in [-0.4, -0.2) is 26.9 Å². The second kappa shape index (κ2) is 9.83. The molecule has 2 rings (SSSR count). The summed E-state index contributed by atoms with van der Waals surface area (Å²) in [5.41, 5.74) is 2.54. The molecule has 1 aromatic heterocycles. The normalized spacial score (nSPS) is 12.2. The van der Waals surface area contributed by atoms with Gasteiger partial charge in [-0.3, -0.25) is 9.59 Å². The monoisotopic (exact) mass is 391 g/mol. The van der Waals surface area contributed by atoms with Crippen molar-refractivity contribution in [2.45, 2.75) is 49.8 Å². The highest BCUT2D eigenvalue weighted by Crippen LogP contribution is 2.22. The molecule has 2 N–H and O–H groups in total. The first-order valence-corrected chi connectivity index (χ1v) is 10.7. The zero-order chi connectivity index (χ0) is 19.1. The van der Waals surface area contributed by atoms with Crippen LogP contribution in [0.4, 0.5) is 5.69 Å². The maximum Gasteiger partial charge on any atom is 0.251 e. The molecule has 1 atom stereocenters. The van der Waals surface area contributed by atoms with E-state index in [0.717, 1.165) is 17.1 Å². The number of hydrogen-bond donors (Lipinski definition) is 2. The first-order chi connectivity index (χ1) is 12.4. The largest absolute Gasteiger partial charge is 0.325 e. The predicted molar refractivity (Wildman–Crippen MR) is 111 cm³/mol. The quantitative estimate of drug-likeness (QED) is 0.519. The maximum absolute atomic E-state index is 12.4. The number of nitrogens with one attached hydrogen (secondary N) is 2. The summed E-state index contributed by atoms with van der Waals surface area (Å²) in [5, 5.41) is 3.00. The Morgan fingerprint density at radius 1 is 1.23 bits per heavy atom. The smallest absolute Gasteiger partial charge is 0.251 e. The van der Waals surface area contributed by atoms with Crippen LogP contribution in [0.25, 0.3) is 0 Å². The zero-order valence-corrected chi connectivity index (χ0v) is 17.2. The molecule has 2 aromatic rings. The van der Waals surface area contributed by atoms with Gasteiger partial charge in [0.25, 0.3) is 5.56 Å². The van der Waals surface area contributed by atoms with Crippen LogP contribution in [0.3, 0.4) is 0 Å². The molecule has 0 aliphatic heterocycles. The van der Waals surface area contributed by atoms with Crippen LogP contribution in [0.1, 0.15) is 44.9 Å². The van der Waals surface area contributed by atoms with Gasteiger partial charge in [0.05, 0.1) is 10.9 Å². The Balaban J connectivity index is 2.00. The lowest BCUT2D eigenvalue weighted by Gasteiger charge is -2.13. The van der Waals surface area contributed by atoms with Gasteiger partial charge in [-0.2, -0.15) is 11.8 Å². The van der Waals surface area contributed by atoms with Crippen molar-refractivity contribution in [2.75, 3.05) is 11.1 Å². The number of hydrogen-bond acceptors (Lipinski definition) is 5. The van der Waals surface area contributed by atoms with Crippen molar-refractivity contribution >= 4 is 35.1 Å². The van der Waals surface area contributed by atoms with Crippen LogP contribution < -0.4 is 10.9 Å². The molecule has 140 valence electrons. The highest BCUT2D eigenvalue weighted by Gasteiger charge is 2.16. The molecule has 0 fully saturated rings. The van der Waals surface area contributed by atoms with Crippen LogP contribution in [0.15, 0.2) is 40.3 Å². The van der Waals surface area contributed by atoms with Gasteiger partial charge in [0, 0.05) is 17.5 Å². The van der Waals surface area contributed by atoms with Gasteiger partial charge < -0.3 is 10.3 Å². The van der Waals surface area contributed by atoms with E-state index in [4.69, 9.17) is 0 Å². The summed E-state index contributed by atoms with van der Waals surface area (Å²) in [6.45, 7) is 8.13. The van der Waals surface area contributed by atoms with Gasteiger partial charge in [0.1, 0.15) is 0 Å². The Morgan fingerprint density at radius 3 is 2.54 bits per heavy atom. The van der Waals surface area contributed by atoms with Crippen molar-refractivity contribution in [3.8, 4) is 0 Å². The van der Waals surface area contributed by atoms with Crippen LogP contribution in [0, 0.1) is 0 Å². The third-order valence-corrected chi connectivity index (χ3v) is 5.62. The lowest BCUT2D eigenvalue weighted by molar-refractivity contribution is -0.115. The minimum Gasteiger partial charge on any atom is -0.325 e. The zero-order valence-electron chi connectivity index (χ0n) is 15.5. The molecule has 1 unspecified atom stereocenters. The van der Waals surface area contributed by atoms with Gasteiger partial charge in [0.2, 0.25) is 5.91 Å². The molecular formula is C19H25N3O2S2. The van der Waals surface area contributed by atoms with Gasteiger partial charge in [-0.1, -0.05) is 44.7 Å². The first kappa shape index (κ1) is 20.6. The van der Waals surface area contributed by atoms with Gasteiger partial charge >= 0.3 is 0 Å². The number of H-pyrrole nitrogens is 1. The number of aromatic amines is 1. The van der Waals surface area contributed by atoms with E-state index in [1.54, 1.807) is 18.7 Å². The van der Waals surface area contributed by atoms with Gasteiger partial charge in [-0.25, -0.2) is 4.98 Å². The van der Waals surface area contributed by atoms with Crippen molar-refractivity contribution in [1.82, 2.24) is 9.97 Å². The number of benzene rings is 1.